The maximum atomic E-state index is 11.2. The first kappa shape index (κ1) is 14.3. The van der Waals surface area contributed by atoms with Gasteiger partial charge in [0.1, 0.15) is 0 Å². The monoisotopic (exact) mass is 263 g/mol. The van der Waals surface area contributed by atoms with E-state index >= 15 is 0 Å². The van der Waals surface area contributed by atoms with Crippen molar-refractivity contribution in [3.05, 3.63) is 0 Å². The Morgan fingerprint density at radius 3 is 2.14 bits per heavy atom. The molecule has 0 aromatic heterocycles. The largest absolute Gasteiger partial charge is 0.394 e. The van der Waals surface area contributed by atoms with Crippen molar-refractivity contribution in [2.45, 2.75) is 29.3 Å². The third-order valence-electron chi connectivity index (χ3n) is 1.91. The number of carbonyl (C=O) groups is 1. The number of hydrogen-bond acceptors (Lipinski definition) is 3. The fraction of sp³-hybridized carbons (Fsp3) is 0.857. The van der Waals surface area contributed by atoms with E-state index in [0.29, 0.717) is 0 Å². The summed E-state index contributed by atoms with van der Waals surface area (Å²) in [6.07, 6.45) is -0.969. The Hall–Kier alpha value is 0.260. The van der Waals surface area contributed by atoms with Crippen LogP contribution in [0.3, 0.4) is 0 Å². The molecule has 0 aromatic carbocycles. The summed E-state index contributed by atoms with van der Waals surface area (Å²) in [5.74, 6) is -0.889. The van der Waals surface area contributed by atoms with Crippen molar-refractivity contribution >= 4 is 40.7 Å². The van der Waals surface area contributed by atoms with Crippen molar-refractivity contribution in [3.63, 3.8) is 0 Å². The summed E-state index contributed by atoms with van der Waals surface area (Å²) in [5.41, 5.74) is -1.22. The van der Waals surface area contributed by atoms with Gasteiger partial charge in [-0.1, -0.05) is 34.8 Å². The molecule has 0 spiro atoms. The van der Waals surface area contributed by atoms with Crippen LogP contribution in [0.25, 0.3) is 0 Å². The summed E-state index contributed by atoms with van der Waals surface area (Å²) in [4.78, 5) is 11.2. The highest BCUT2D eigenvalue weighted by Crippen LogP contribution is 2.27. The molecule has 7 heteroatoms. The van der Waals surface area contributed by atoms with Crippen LogP contribution in [0.1, 0.15) is 13.8 Å². The third kappa shape index (κ3) is 3.79. The average Bonchev–Trinajstić information content (AvgIpc) is 2.02. The van der Waals surface area contributed by atoms with E-state index in [1.54, 1.807) is 0 Å². The van der Waals surface area contributed by atoms with Crippen molar-refractivity contribution < 1.29 is 15.0 Å². The summed E-state index contributed by atoms with van der Waals surface area (Å²) >= 11 is 15.9. The Kier molecular flexibility index (Phi) is 4.95. The fourth-order valence-corrected chi connectivity index (χ4v) is 0.748. The number of nitrogens with one attached hydrogen (secondary N) is 1. The first-order chi connectivity index (χ1) is 6.13. The van der Waals surface area contributed by atoms with Crippen molar-refractivity contribution in [1.29, 1.82) is 0 Å². The van der Waals surface area contributed by atoms with Gasteiger partial charge in [0.2, 0.25) is 0 Å². The van der Waals surface area contributed by atoms with Crippen molar-refractivity contribution in [2.75, 3.05) is 6.61 Å². The molecule has 0 rings (SSSR count). The predicted octanol–water partition coefficient (Wildman–Crippen LogP) is 0.605. The first-order valence-electron chi connectivity index (χ1n) is 3.82. The van der Waals surface area contributed by atoms with Gasteiger partial charge in [0.15, 0.2) is 0 Å². The van der Waals surface area contributed by atoms with E-state index in [1.807, 2.05) is 0 Å². The molecule has 14 heavy (non-hydrogen) atoms. The number of hydrogen-bond donors (Lipinski definition) is 3. The lowest BCUT2D eigenvalue weighted by Gasteiger charge is -2.32. The maximum Gasteiger partial charge on any atom is 0.272 e. The second-order valence-electron chi connectivity index (χ2n) is 3.20. The summed E-state index contributed by atoms with van der Waals surface area (Å²) in [6.45, 7) is 2.39. The van der Waals surface area contributed by atoms with E-state index in [1.165, 1.54) is 13.8 Å². The van der Waals surface area contributed by atoms with E-state index < -0.39 is 27.9 Å². The summed E-state index contributed by atoms with van der Waals surface area (Å²) in [6, 6.07) is 0. The summed E-state index contributed by atoms with van der Waals surface area (Å²) < 4.78 is -2.11. The minimum atomic E-state index is -2.11. The van der Waals surface area contributed by atoms with Gasteiger partial charge in [-0.05, 0) is 13.8 Å². The zero-order chi connectivity index (χ0) is 11.6. The molecule has 1 amide bonds. The molecule has 0 saturated heterocycles. The Balaban J connectivity index is 4.56. The fourth-order valence-electron chi connectivity index (χ4n) is 0.606. The van der Waals surface area contributed by atoms with E-state index in [2.05, 4.69) is 5.32 Å². The molecule has 0 heterocycles. The number of carbonyl (C=O) groups excluding carboxylic acids is 1. The lowest BCUT2D eigenvalue weighted by Crippen LogP contribution is -2.58. The van der Waals surface area contributed by atoms with Crippen LogP contribution < -0.4 is 5.32 Å². The molecule has 3 N–H and O–H groups in total. The molecule has 0 unspecified atom stereocenters. The lowest BCUT2D eigenvalue weighted by molar-refractivity contribution is -0.124. The Labute approximate surface area is 97.1 Å². The minimum Gasteiger partial charge on any atom is -0.394 e. The zero-order valence-electron chi connectivity index (χ0n) is 7.72. The van der Waals surface area contributed by atoms with Gasteiger partial charge in [-0.15, -0.1) is 0 Å². The van der Waals surface area contributed by atoms with Gasteiger partial charge in [-0.25, -0.2) is 0 Å². The molecule has 0 radical (unpaired) electrons. The van der Waals surface area contributed by atoms with Gasteiger partial charge in [-0.3, -0.25) is 4.79 Å². The van der Waals surface area contributed by atoms with E-state index in [0.717, 1.165) is 0 Å². The van der Waals surface area contributed by atoms with Gasteiger partial charge in [-0.2, -0.15) is 0 Å². The SMILES string of the molecule is C[C@H](O)[C@](C)(CO)NC(=O)C(Cl)(Cl)Cl. The molecule has 0 bridgehead atoms. The molecule has 0 fully saturated rings. The minimum absolute atomic E-state index is 0.461. The summed E-state index contributed by atoms with van der Waals surface area (Å²) in [7, 11) is 0. The highest BCUT2D eigenvalue weighted by molar-refractivity contribution is 6.76. The highest BCUT2D eigenvalue weighted by Gasteiger charge is 2.38. The topological polar surface area (TPSA) is 69.6 Å². The molecular weight excluding hydrogens is 252 g/mol. The Morgan fingerprint density at radius 1 is 1.50 bits per heavy atom. The quantitative estimate of drug-likeness (QED) is 0.654. The van der Waals surface area contributed by atoms with Gasteiger partial charge in [0, 0.05) is 0 Å². The Morgan fingerprint density at radius 2 is 1.93 bits per heavy atom. The average molecular weight is 265 g/mol. The molecule has 84 valence electrons. The number of aliphatic hydroxyl groups excluding tert-OH is 2. The molecule has 0 aliphatic rings. The van der Waals surface area contributed by atoms with Crippen LogP contribution in [0.2, 0.25) is 0 Å². The van der Waals surface area contributed by atoms with Crippen LogP contribution in [0.4, 0.5) is 0 Å². The van der Waals surface area contributed by atoms with Gasteiger partial charge < -0.3 is 15.5 Å². The third-order valence-corrected chi connectivity index (χ3v) is 2.42. The lowest BCUT2D eigenvalue weighted by atomic mass is 9.97. The molecule has 4 nitrogen and oxygen atoms in total. The number of aliphatic hydroxyl groups is 2. The first-order valence-corrected chi connectivity index (χ1v) is 4.95. The van der Waals surface area contributed by atoms with Crippen molar-refractivity contribution in [2.24, 2.45) is 0 Å². The predicted molar refractivity (Wildman–Crippen MR) is 55.6 cm³/mol. The molecule has 2 atom stereocenters. The van der Waals surface area contributed by atoms with Crippen LogP contribution >= 0.6 is 34.8 Å². The van der Waals surface area contributed by atoms with Crippen LogP contribution in [-0.2, 0) is 4.79 Å². The molecule has 0 aromatic rings. The summed E-state index contributed by atoms with van der Waals surface area (Å²) in [5, 5.41) is 20.5. The van der Waals surface area contributed by atoms with E-state index in [-0.39, 0.29) is 0 Å². The molecular formula is C7H12Cl3NO3. The van der Waals surface area contributed by atoms with Gasteiger partial charge in [0.05, 0.1) is 18.2 Å². The van der Waals surface area contributed by atoms with Crippen LogP contribution in [0.15, 0.2) is 0 Å². The molecule has 0 saturated carbocycles. The number of alkyl halides is 3. The Bertz CT molecular complexity index is 217. The standard InChI is InChI=1S/C7H12Cl3NO3/c1-4(13)6(2,3-12)11-5(14)7(8,9)10/h4,12-13H,3H2,1-2H3,(H,11,14)/t4-,6-/m0/s1. The van der Waals surface area contributed by atoms with Crippen LogP contribution in [0.5, 0.6) is 0 Å². The highest BCUT2D eigenvalue weighted by atomic mass is 35.6. The zero-order valence-corrected chi connectivity index (χ0v) is 9.99. The number of amides is 1. The van der Waals surface area contributed by atoms with Gasteiger partial charge >= 0.3 is 0 Å². The van der Waals surface area contributed by atoms with Crippen LogP contribution in [0, 0.1) is 0 Å². The van der Waals surface area contributed by atoms with Crippen LogP contribution in [-0.4, -0.2) is 38.2 Å². The van der Waals surface area contributed by atoms with Gasteiger partial charge in [0.25, 0.3) is 9.70 Å². The van der Waals surface area contributed by atoms with Crippen molar-refractivity contribution in [1.82, 2.24) is 5.32 Å². The second-order valence-corrected chi connectivity index (χ2v) is 5.48. The van der Waals surface area contributed by atoms with Crippen molar-refractivity contribution in [3.8, 4) is 0 Å². The van der Waals surface area contributed by atoms with E-state index in [9.17, 15) is 9.90 Å². The maximum absolute atomic E-state index is 11.2. The smallest absolute Gasteiger partial charge is 0.272 e. The number of halogens is 3. The normalized spacial score (nSPS) is 18.5. The second kappa shape index (κ2) is 4.86. The molecule has 0 aliphatic carbocycles. The van der Waals surface area contributed by atoms with E-state index in [4.69, 9.17) is 39.9 Å². The molecule has 0 aliphatic heterocycles. The number of rotatable bonds is 3.